The second-order valence-corrected chi connectivity index (χ2v) is 6.19. The van der Waals surface area contributed by atoms with Crippen LogP contribution in [-0.4, -0.2) is 23.2 Å². The van der Waals surface area contributed by atoms with Gasteiger partial charge in [-0.05, 0) is 29.3 Å². The quantitative estimate of drug-likeness (QED) is 0.680. The summed E-state index contributed by atoms with van der Waals surface area (Å²) < 4.78 is 0. The molecule has 3 N–H and O–H groups in total. The summed E-state index contributed by atoms with van der Waals surface area (Å²) in [5.74, 6) is -1.25. The number of primary amides is 1. The molecule has 0 radical (unpaired) electrons. The highest BCUT2D eigenvalue weighted by molar-refractivity contribution is 7.79. The standard InChI is InChI=1S/C20H22N2O2S/c21-19(23)18(13-16-9-5-2-6-10-16)22-20(24)17(14-25)12-11-15-7-3-1-4-8-15/h1-10,14,17-18H,11-13H2,(H2,21,23)(H,22,24)/t17?,18-/m0/s1. The van der Waals surface area contributed by atoms with Gasteiger partial charge in [0, 0.05) is 6.42 Å². The van der Waals surface area contributed by atoms with E-state index in [0.29, 0.717) is 12.8 Å². The monoisotopic (exact) mass is 354 g/mol. The Kier molecular flexibility index (Phi) is 7.29. The van der Waals surface area contributed by atoms with E-state index in [1.165, 1.54) is 5.37 Å². The summed E-state index contributed by atoms with van der Waals surface area (Å²) in [4.78, 5) is 24.2. The summed E-state index contributed by atoms with van der Waals surface area (Å²) in [6.45, 7) is 0. The van der Waals surface area contributed by atoms with Gasteiger partial charge in [-0.25, -0.2) is 0 Å². The van der Waals surface area contributed by atoms with Gasteiger partial charge in [0.25, 0.3) is 0 Å². The van der Waals surface area contributed by atoms with Crippen LogP contribution in [0.5, 0.6) is 0 Å². The van der Waals surface area contributed by atoms with Gasteiger partial charge in [0.15, 0.2) is 0 Å². The highest BCUT2D eigenvalue weighted by atomic mass is 32.1. The van der Waals surface area contributed by atoms with Crippen molar-refractivity contribution in [2.75, 3.05) is 0 Å². The zero-order valence-electron chi connectivity index (χ0n) is 13.9. The van der Waals surface area contributed by atoms with Crippen molar-refractivity contribution < 1.29 is 9.59 Å². The van der Waals surface area contributed by atoms with Crippen molar-refractivity contribution in [2.45, 2.75) is 25.3 Å². The summed E-state index contributed by atoms with van der Waals surface area (Å²) in [6.07, 6.45) is 1.70. The third-order valence-electron chi connectivity index (χ3n) is 4.03. The summed E-state index contributed by atoms with van der Waals surface area (Å²) in [7, 11) is 0. The average Bonchev–Trinajstić information content (AvgIpc) is 2.63. The van der Waals surface area contributed by atoms with Gasteiger partial charge in [0.1, 0.15) is 6.04 Å². The van der Waals surface area contributed by atoms with Crippen LogP contribution in [0.15, 0.2) is 60.7 Å². The maximum absolute atomic E-state index is 12.5. The molecule has 0 spiro atoms. The highest BCUT2D eigenvalue weighted by Gasteiger charge is 2.23. The Morgan fingerprint density at radius 2 is 1.56 bits per heavy atom. The maximum Gasteiger partial charge on any atom is 0.240 e. The SMILES string of the molecule is NC(=O)[C@H](Cc1ccccc1)NC(=O)C(C=S)CCc1ccccc1. The molecule has 2 atom stereocenters. The number of rotatable bonds is 9. The van der Waals surface area contributed by atoms with Crippen molar-refractivity contribution in [1.82, 2.24) is 5.32 Å². The van der Waals surface area contributed by atoms with Gasteiger partial charge < -0.3 is 11.1 Å². The first-order chi connectivity index (χ1) is 12.1. The lowest BCUT2D eigenvalue weighted by Gasteiger charge is -2.19. The first-order valence-corrected chi connectivity index (χ1v) is 8.70. The molecule has 0 fully saturated rings. The second-order valence-electron chi connectivity index (χ2n) is 5.92. The molecular formula is C20H22N2O2S. The van der Waals surface area contributed by atoms with Crippen molar-refractivity contribution in [3.05, 3.63) is 71.8 Å². The van der Waals surface area contributed by atoms with Crippen molar-refractivity contribution in [1.29, 1.82) is 0 Å². The third-order valence-corrected chi connectivity index (χ3v) is 4.36. The van der Waals surface area contributed by atoms with Gasteiger partial charge in [-0.15, -0.1) is 0 Å². The minimum Gasteiger partial charge on any atom is -0.368 e. The molecule has 2 amide bonds. The molecular weight excluding hydrogens is 332 g/mol. The molecule has 2 aromatic rings. The topological polar surface area (TPSA) is 72.2 Å². The number of benzene rings is 2. The number of aryl methyl sites for hydroxylation is 1. The number of amides is 2. The first-order valence-electron chi connectivity index (χ1n) is 8.23. The Hall–Kier alpha value is -2.53. The van der Waals surface area contributed by atoms with Crippen molar-refractivity contribution >= 4 is 29.4 Å². The second kappa shape index (κ2) is 9.69. The number of nitrogens with one attached hydrogen (secondary N) is 1. The fourth-order valence-electron chi connectivity index (χ4n) is 2.58. The molecule has 130 valence electrons. The van der Waals surface area contributed by atoms with Gasteiger partial charge in [-0.3, -0.25) is 9.59 Å². The number of hydrogen-bond donors (Lipinski definition) is 2. The third kappa shape index (κ3) is 6.12. The fraction of sp³-hybridized carbons (Fsp3) is 0.250. The van der Waals surface area contributed by atoms with Gasteiger partial charge in [-0.2, -0.15) is 0 Å². The maximum atomic E-state index is 12.5. The van der Waals surface area contributed by atoms with Crippen molar-refractivity contribution in [3.63, 3.8) is 0 Å². The van der Waals surface area contributed by atoms with Gasteiger partial charge in [0.05, 0.1) is 5.92 Å². The van der Waals surface area contributed by atoms with Crippen LogP contribution in [0.25, 0.3) is 0 Å². The van der Waals surface area contributed by atoms with E-state index in [2.05, 4.69) is 5.32 Å². The van der Waals surface area contributed by atoms with Gasteiger partial charge in [-0.1, -0.05) is 72.9 Å². The molecule has 0 aliphatic rings. The van der Waals surface area contributed by atoms with E-state index in [-0.39, 0.29) is 5.91 Å². The average molecular weight is 354 g/mol. The van der Waals surface area contributed by atoms with E-state index in [4.69, 9.17) is 18.0 Å². The zero-order chi connectivity index (χ0) is 18.1. The van der Waals surface area contributed by atoms with Crippen LogP contribution in [0.4, 0.5) is 0 Å². The molecule has 4 nitrogen and oxygen atoms in total. The van der Waals surface area contributed by atoms with E-state index in [0.717, 1.165) is 17.5 Å². The van der Waals surface area contributed by atoms with Crippen LogP contribution < -0.4 is 11.1 Å². The molecule has 25 heavy (non-hydrogen) atoms. The lowest BCUT2D eigenvalue weighted by molar-refractivity contribution is -0.128. The van der Waals surface area contributed by atoms with Crippen LogP contribution in [0.1, 0.15) is 17.5 Å². The number of hydrogen-bond acceptors (Lipinski definition) is 3. The van der Waals surface area contributed by atoms with Crippen LogP contribution in [0.3, 0.4) is 0 Å². The van der Waals surface area contributed by atoms with E-state index in [1.54, 1.807) is 0 Å². The summed E-state index contributed by atoms with van der Waals surface area (Å²) >= 11 is 5.01. The predicted molar refractivity (Wildman–Crippen MR) is 103 cm³/mol. The minimum absolute atomic E-state index is 0.259. The highest BCUT2D eigenvalue weighted by Crippen LogP contribution is 2.10. The normalized spacial score (nSPS) is 12.8. The van der Waals surface area contributed by atoms with E-state index >= 15 is 0 Å². The predicted octanol–water partition coefficient (Wildman–Crippen LogP) is 2.45. The Morgan fingerprint density at radius 3 is 2.08 bits per heavy atom. The van der Waals surface area contributed by atoms with Gasteiger partial charge in [0.2, 0.25) is 11.8 Å². The number of carbonyl (C=O) groups is 2. The molecule has 5 heteroatoms. The summed E-state index contributed by atoms with van der Waals surface area (Å²) in [5.41, 5.74) is 7.54. The molecule has 0 heterocycles. The number of thiocarbonyl (C=S) groups is 1. The minimum atomic E-state index is -0.746. The van der Waals surface area contributed by atoms with Crippen LogP contribution in [0, 0.1) is 5.92 Å². The molecule has 2 aromatic carbocycles. The summed E-state index contributed by atoms with van der Waals surface area (Å²) in [6, 6.07) is 18.6. The number of carbonyl (C=O) groups excluding carboxylic acids is 2. The molecule has 0 aromatic heterocycles. The van der Waals surface area contributed by atoms with E-state index in [9.17, 15) is 9.59 Å². The Labute approximate surface area is 153 Å². The Balaban J connectivity index is 1.95. The summed E-state index contributed by atoms with van der Waals surface area (Å²) in [5, 5.41) is 4.20. The van der Waals surface area contributed by atoms with E-state index < -0.39 is 17.9 Å². The molecule has 2 rings (SSSR count). The van der Waals surface area contributed by atoms with Gasteiger partial charge >= 0.3 is 0 Å². The molecule has 0 saturated heterocycles. The Bertz CT molecular complexity index is 704. The van der Waals surface area contributed by atoms with Crippen LogP contribution >= 0.6 is 12.2 Å². The van der Waals surface area contributed by atoms with Crippen LogP contribution in [-0.2, 0) is 22.4 Å². The molecule has 0 aliphatic carbocycles. The van der Waals surface area contributed by atoms with Crippen LogP contribution in [0.2, 0.25) is 0 Å². The molecule has 0 aliphatic heterocycles. The zero-order valence-corrected chi connectivity index (χ0v) is 14.7. The first kappa shape index (κ1) is 18.8. The largest absolute Gasteiger partial charge is 0.368 e. The lowest BCUT2D eigenvalue weighted by Crippen LogP contribution is -2.48. The molecule has 0 bridgehead atoms. The van der Waals surface area contributed by atoms with E-state index in [1.807, 2.05) is 60.7 Å². The Morgan fingerprint density at radius 1 is 1.00 bits per heavy atom. The smallest absolute Gasteiger partial charge is 0.240 e. The molecule has 1 unspecified atom stereocenters. The lowest BCUT2D eigenvalue weighted by atomic mass is 9.99. The molecule has 0 saturated carbocycles. The fourth-order valence-corrected chi connectivity index (χ4v) is 2.84. The number of nitrogens with two attached hydrogens (primary N) is 1. The van der Waals surface area contributed by atoms with Crippen molar-refractivity contribution in [3.8, 4) is 0 Å². The van der Waals surface area contributed by atoms with Crippen molar-refractivity contribution in [2.24, 2.45) is 11.7 Å².